The lowest BCUT2D eigenvalue weighted by Crippen LogP contribution is -2.23. The van der Waals surface area contributed by atoms with Crippen molar-refractivity contribution in [1.82, 2.24) is 20.2 Å². The second-order valence-corrected chi connectivity index (χ2v) is 8.19. The number of aromatic nitrogens is 4. The van der Waals surface area contributed by atoms with E-state index in [1.165, 1.54) is 36.0 Å². The molecule has 0 spiro atoms. The molecule has 1 aromatic carbocycles. The van der Waals surface area contributed by atoms with Crippen LogP contribution in [0.25, 0.3) is 0 Å². The second-order valence-electron chi connectivity index (χ2n) is 5.32. The largest absolute Gasteiger partial charge is 0.325 e. The van der Waals surface area contributed by atoms with Gasteiger partial charge in [-0.05, 0) is 55.5 Å². The molecule has 9 nitrogen and oxygen atoms in total. The molecule has 0 unspecified atom stereocenters. The summed E-state index contributed by atoms with van der Waals surface area (Å²) in [5.74, 6) is -0.248. The number of primary sulfonamides is 1. The summed E-state index contributed by atoms with van der Waals surface area (Å²) in [5.41, 5.74) is 0.475. The Morgan fingerprint density at radius 3 is 2.42 bits per heavy atom. The molecule has 130 valence electrons. The van der Waals surface area contributed by atoms with Gasteiger partial charge in [-0.1, -0.05) is 11.8 Å². The summed E-state index contributed by atoms with van der Waals surface area (Å²) in [6.07, 6.45) is 0. The summed E-state index contributed by atoms with van der Waals surface area (Å²) in [5, 5.41) is 19.3. The van der Waals surface area contributed by atoms with E-state index in [1.807, 2.05) is 13.8 Å². The van der Waals surface area contributed by atoms with E-state index in [1.54, 1.807) is 11.6 Å². The first-order chi connectivity index (χ1) is 11.2. The van der Waals surface area contributed by atoms with Crippen molar-refractivity contribution in [3.05, 3.63) is 24.3 Å². The van der Waals surface area contributed by atoms with Gasteiger partial charge in [-0.25, -0.2) is 18.2 Å². The number of carbonyl (C=O) groups is 1. The van der Waals surface area contributed by atoms with Gasteiger partial charge >= 0.3 is 0 Å². The fourth-order valence-corrected chi connectivity index (χ4v) is 3.21. The number of nitrogens with one attached hydrogen (secondary N) is 1. The number of hydrogen-bond acceptors (Lipinski definition) is 7. The average molecular weight is 370 g/mol. The van der Waals surface area contributed by atoms with E-state index in [-0.39, 0.29) is 16.8 Å². The molecule has 1 aromatic heterocycles. The van der Waals surface area contributed by atoms with E-state index in [9.17, 15) is 13.2 Å². The number of carbonyl (C=O) groups excluding carboxylic acids is 1. The molecule has 24 heavy (non-hydrogen) atoms. The zero-order chi connectivity index (χ0) is 17.9. The van der Waals surface area contributed by atoms with Crippen molar-refractivity contribution in [2.75, 3.05) is 5.32 Å². The van der Waals surface area contributed by atoms with Gasteiger partial charge in [-0.15, -0.1) is 5.10 Å². The molecule has 0 fully saturated rings. The molecule has 0 saturated carbocycles. The maximum Gasteiger partial charge on any atom is 0.238 e. The molecule has 2 aromatic rings. The number of benzene rings is 1. The summed E-state index contributed by atoms with van der Waals surface area (Å²) in [7, 11) is -3.75. The summed E-state index contributed by atoms with van der Waals surface area (Å²) in [6, 6.07) is 5.72. The number of nitrogens with two attached hydrogens (primary N) is 1. The van der Waals surface area contributed by atoms with Crippen LogP contribution in [0.15, 0.2) is 34.3 Å². The average Bonchev–Trinajstić information content (AvgIpc) is 2.95. The summed E-state index contributed by atoms with van der Waals surface area (Å²) >= 11 is 1.24. The van der Waals surface area contributed by atoms with Crippen LogP contribution in [-0.2, 0) is 14.8 Å². The Bertz CT molecular complexity index is 816. The summed E-state index contributed by atoms with van der Waals surface area (Å²) in [4.78, 5) is 12.2. The highest BCUT2D eigenvalue weighted by molar-refractivity contribution is 8.00. The topological polar surface area (TPSA) is 133 Å². The molecule has 11 heteroatoms. The monoisotopic (exact) mass is 370 g/mol. The van der Waals surface area contributed by atoms with Crippen LogP contribution in [0.5, 0.6) is 0 Å². The Balaban J connectivity index is 2.02. The Kier molecular flexibility index (Phi) is 5.57. The predicted molar refractivity (Wildman–Crippen MR) is 90.0 cm³/mol. The third-order valence-corrected chi connectivity index (χ3v) is 5.03. The fourth-order valence-electron chi connectivity index (χ4n) is 1.77. The van der Waals surface area contributed by atoms with Crippen molar-refractivity contribution in [2.24, 2.45) is 5.14 Å². The number of hydrogen-bond donors (Lipinski definition) is 2. The Labute approximate surface area is 144 Å². The Hall–Kier alpha value is -1.98. The molecule has 1 amide bonds. The molecule has 0 radical (unpaired) electrons. The van der Waals surface area contributed by atoms with Crippen molar-refractivity contribution >= 4 is 33.4 Å². The highest BCUT2D eigenvalue weighted by Crippen LogP contribution is 2.23. The third-order valence-electron chi connectivity index (χ3n) is 3.05. The van der Waals surface area contributed by atoms with Crippen molar-refractivity contribution < 1.29 is 13.2 Å². The van der Waals surface area contributed by atoms with Crippen LogP contribution in [0.1, 0.15) is 26.8 Å². The van der Waals surface area contributed by atoms with Crippen molar-refractivity contribution in [3.8, 4) is 0 Å². The van der Waals surface area contributed by atoms with E-state index in [0.29, 0.717) is 10.8 Å². The Morgan fingerprint density at radius 2 is 1.88 bits per heavy atom. The van der Waals surface area contributed by atoms with Crippen LogP contribution in [-0.4, -0.2) is 39.8 Å². The molecular formula is C13H18N6O3S2. The van der Waals surface area contributed by atoms with Gasteiger partial charge < -0.3 is 5.32 Å². The number of rotatable bonds is 6. The number of thioether (sulfide) groups is 1. The summed E-state index contributed by atoms with van der Waals surface area (Å²) in [6.45, 7) is 5.62. The van der Waals surface area contributed by atoms with E-state index < -0.39 is 15.3 Å². The third kappa shape index (κ3) is 4.52. The maximum atomic E-state index is 12.2. The van der Waals surface area contributed by atoms with E-state index >= 15 is 0 Å². The van der Waals surface area contributed by atoms with E-state index in [0.717, 1.165) is 0 Å². The number of anilines is 1. The van der Waals surface area contributed by atoms with Gasteiger partial charge in [0.05, 0.1) is 16.2 Å². The quantitative estimate of drug-likeness (QED) is 0.725. The highest BCUT2D eigenvalue weighted by atomic mass is 32.2. The van der Waals surface area contributed by atoms with Crippen LogP contribution in [0.3, 0.4) is 0 Å². The zero-order valence-electron chi connectivity index (χ0n) is 13.4. The van der Waals surface area contributed by atoms with Crippen molar-refractivity contribution in [1.29, 1.82) is 0 Å². The van der Waals surface area contributed by atoms with Crippen LogP contribution in [0, 0.1) is 0 Å². The van der Waals surface area contributed by atoms with Gasteiger partial charge in [0.15, 0.2) is 0 Å². The van der Waals surface area contributed by atoms with Gasteiger partial charge in [-0.2, -0.15) is 0 Å². The molecule has 0 aliphatic rings. The number of amides is 1. The van der Waals surface area contributed by atoms with E-state index in [4.69, 9.17) is 5.14 Å². The number of sulfonamides is 1. The van der Waals surface area contributed by atoms with Gasteiger partial charge in [0.2, 0.25) is 21.1 Å². The smallest absolute Gasteiger partial charge is 0.238 e. The normalized spacial score (nSPS) is 13.0. The predicted octanol–water partition coefficient (Wildman–Crippen LogP) is 1.02. The van der Waals surface area contributed by atoms with Gasteiger partial charge in [0.25, 0.3) is 0 Å². The molecule has 0 aliphatic carbocycles. The van der Waals surface area contributed by atoms with Crippen LogP contribution >= 0.6 is 11.8 Å². The Morgan fingerprint density at radius 1 is 1.25 bits per heavy atom. The van der Waals surface area contributed by atoms with Crippen LogP contribution < -0.4 is 10.5 Å². The first kappa shape index (κ1) is 18.4. The molecule has 0 aliphatic heterocycles. The van der Waals surface area contributed by atoms with Crippen molar-refractivity contribution in [3.63, 3.8) is 0 Å². The van der Waals surface area contributed by atoms with Crippen LogP contribution in [0.4, 0.5) is 5.69 Å². The minimum atomic E-state index is -3.75. The number of nitrogens with zero attached hydrogens (tertiary/aromatic N) is 4. The van der Waals surface area contributed by atoms with Gasteiger partial charge in [-0.3, -0.25) is 4.79 Å². The minimum absolute atomic E-state index is 0.0148. The standard InChI is InChI=1S/C13H18N6O3S2/c1-8(2)19-13(16-17-18-19)23-9(3)12(20)15-10-4-6-11(7-5-10)24(14,21)22/h4-9H,1-3H3,(H,15,20)(H2,14,21,22)/t9-/m0/s1. The lowest BCUT2D eigenvalue weighted by molar-refractivity contribution is -0.115. The molecule has 3 N–H and O–H groups in total. The maximum absolute atomic E-state index is 12.2. The van der Waals surface area contributed by atoms with Crippen LogP contribution in [0.2, 0.25) is 0 Å². The first-order valence-electron chi connectivity index (χ1n) is 7.06. The minimum Gasteiger partial charge on any atom is -0.325 e. The summed E-state index contributed by atoms with van der Waals surface area (Å²) < 4.78 is 24.0. The van der Waals surface area contributed by atoms with Crippen molar-refractivity contribution in [2.45, 2.75) is 42.1 Å². The number of tetrazole rings is 1. The molecular weight excluding hydrogens is 352 g/mol. The fraction of sp³-hybridized carbons (Fsp3) is 0.385. The zero-order valence-corrected chi connectivity index (χ0v) is 15.0. The molecule has 1 heterocycles. The first-order valence-corrected chi connectivity index (χ1v) is 9.49. The van der Waals surface area contributed by atoms with E-state index in [2.05, 4.69) is 20.8 Å². The van der Waals surface area contributed by atoms with Gasteiger partial charge in [0, 0.05) is 5.69 Å². The molecule has 0 bridgehead atoms. The molecule has 0 saturated heterocycles. The second kappa shape index (κ2) is 7.28. The molecule has 2 rings (SSSR count). The lowest BCUT2D eigenvalue weighted by Gasteiger charge is -2.13. The molecule has 1 atom stereocenters. The lowest BCUT2D eigenvalue weighted by atomic mass is 10.3. The highest BCUT2D eigenvalue weighted by Gasteiger charge is 2.19. The SMILES string of the molecule is CC(C)n1nnnc1S[C@@H](C)C(=O)Nc1ccc(S(N)(=O)=O)cc1. The van der Waals surface area contributed by atoms with Gasteiger partial charge in [0.1, 0.15) is 0 Å².